The monoisotopic (exact) mass is 331 g/mol. The van der Waals surface area contributed by atoms with Gasteiger partial charge in [0.2, 0.25) is 0 Å². The van der Waals surface area contributed by atoms with Gasteiger partial charge in [-0.05, 0) is 82.3 Å². The molecule has 5 nitrogen and oxygen atoms in total. The molecule has 2 fully saturated rings. The van der Waals surface area contributed by atoms with Gasteiger partial charge in [-0.25, -0.2) is 5.48 Å². The van der Waals surface area contributed by atoms with E-state index >= 15 is 0 Å². The highest BCUT2D eigenvalue weighted by Gasteiger charge is 2.22. The summed E-state index contributed by atoms with van der Waals surface area (Å²) in [6, 6.07) is 5.78. The molecular formula is C19H29N3O2. The number of nitrogens with one attached hydrogen (secondary N) is 2. The zero-order chi connectivity index (χ0) is 16.9. The fourth-order valence-electron chi connectivity index (χ4n) is 3.04. The first-order valence-electron chi connectivity index (χ1n) is 9.07. The maximum Gasteiger partial charge on any atom is 0.274 e. The molecular weight excluding hydrogens is 302 g/mol. The number of amides is 1. The Kier molecular flexibility index (Phi) is 5.74. The second-order valence-corrected chi connectivity index (χ2v) is 7.34. The van der Waals surface area contributed by atoms with Gasteiger partial charge in [-0.3, -0.25) is 9.63 Å². The molecule has 2 aliphatic rings. The van der Waals surface area contributed by atoms with Crippen LogP contribution in [0.4, 0.5) is 5.69 Å². The van der Waals surface area contributed by atoms with Crippen molar-refractivity contribution in [2.75, 3.05) is 38.6 Å². The maximum absolute atomic E-state index is 12.2. The number of nitrogens with zero attached hydrogens (tertiary/aromatic N) is 1. The van der Waals surface area contributed by atoms with Gasteiger partial charge in [0.1, 0.15) is 0 Å². The summed E-state index contributed by atoms with van der Waals surface area (Å²) < 4.78 is 0. The van der Waals surface area contributed by atoms with Crippen molar-refractivity contribution in [3.05, 3.63) is 29.3 Å². The molecule has 1 aromatic carbocycles. The molecule has 1 aliphatic heterocycles. The van der Waals surface area contributed by atoms with Gasteiger partial charge in [0.25, 0.3) is 5.91 Å². The van der Waals surface area contributed by atoms with Crippen LogP contribution in [0.3, 0.4) is 0 Å². The lowest BCUT2D eigenvalue weighted by Crippen LogP contribution is -2.33. The van der Waals surface area contributed by atoms with Crippen molar-refractivity contribution in [3.63, 3.8) is 0 Å². The molecule has 1 saturated carbocycles. The van der Waals surface area contributed by atoms with E-state index in [1.165, 1.54) is 44.3 Å². The van der Waals surface area contributed by atoms with Crippen molar-refractivity contribution >= 4 is 11.6 Å². The minimum absolute atomic E-state index is 0.169. The van der Waals surface area contributed by atoms with Gasteiger partial charge in [0, 0.05) is 17.8 Å². The minimum Gasteiger partial charge on any atom is -0.385 e. The Hall–Kier alpha value is -1.59. The zero-order valence-electron chi connectivity index (χ0n) is 14.8. The number of anilines is 1. The van der Waals surface area contributed by atoms with E-state index in [2.05, 4.69) is 29.7 Å². The molecule has 3 rings (SSSR count). The lowest BCUT2D eigenvalue weighted by Gasteiger charge is -2.29. The van der Waals surface area contributed by atoms with Gasteiger partial charge in [-0.2, -0.15) is 0 Å². The molecule has 0 atom stereocenters. The number of likely N-dealkylation sites (tertiary alicyclic amines) is 1. The van der Waals surface area contributed by atoms with E-state index in [0.29, 0.717) is 24.0 Å². The summed E-state index contributed by atoms with van der Waals surface area (Å²) in [5.74, 6) is 1.17. The normalized spacial score (nSPS) is 19.2. The van der Waals surface area contributed by atoms with Crippen LogP contribution in [-0.4, -0.2) is 44.1 Å². The molecule has 1 aliphatic carbocycles. The molecule has 5 heteroatoms. The molecule has 0 spiro atoms. The highest BCUT2D eigenvalue weighted by atomic mass is 16.7. The standard InChI is InChI=1S/C19H29N3O2/c1-14-3-6-17(19(23)21-24-13-16-4-5-16)11-18(14)20-12-15-7-9-22(2)10-8-15/h3,6,11,15-16,20H,4-5,7-10,12-13H2,1-2H3,(H,21,23). The summed E-state index contributed by atoms with van der Waals surface area (Å²) in [6.07, 6.45) is 4.90. The Morgan fingerprint density at radius 3 is 2.67 bits per heavy atom. The molecule has 1 heterocycles. The number of carbonyl (C=O) groups is 1. The first-order chi connectivity index (χ1) is 11.6. The van der Waals surface area contributed by atoms with Gasteiger partial charge in [0.05, 0.1) is 6.61 Å². The summed E-state index contributed by atoms with van der Waals surface area (Å²) >= 11 is 0. The van der Waals surface area contributed by atoms with E-state index in [9.17, 15) is 4.79 Å². The van der Waals surface area contributed by atoms with Gasteiger partial charge in [-0.15, -0.1) is 0 Å². The molecule has 2 N–H and O–H groups in total. The van der Waals surface area contributed by atoms with Crippen LogP contribution in [0.2, 0.25) is 0 Å². The van der Waals surface area contributed by atoms with Crippen molar-refractivity contribution in [3.8, 4) is 0 Å². The Labute approximate surface area is 144 Å². The van der Waals surface area contributed by atoms with Gasteiger partial charge in [0.15, 0.2) is 0 Å². The summed E-state index contributed by atoms with van der Waals surface area (Å²) in [6.45, 7) is 6.01. The number of hydrogen-bond donors (Lipinski definition) is 2. The third-order valence-electron chi connectivity index (χ3n) is 5.10. The van der Waals surface area contributed by atoms with Crippen LogP contribution in [0, 0.1) is 18.8 Å². The average molecular weight is 331 g/mol. The number of rotatable bonds is 7. The fraction of sp³-hybridized carbons (Fsp3) is 0.632. The molecule has 1 amide bonds. The number of hydroxylamine groups is 1. The van der Waals surface area contributed by atoms with E-state index in [1.807, 2.05) is 18.2 Å². The lowest BCUT2D eigenvalue weighted by atomic mass is 9.97. The molecule has 0 unspecified atom stereocenters. The van der Waals surface area contributed by atoms with E-state index in [-0.39, 0.29) is 5.91 Å². The fourth-order valence-corrected chi connectivity index (χ4v) is 3.04. The van der Waals surface area contributed by atoms with Crippen LogP contribution in [0.15, 0.2) is 18.2 Å². The Morgan fingerprint density at radius 2 is 1.96 bits per heavy atom. The molecule has 0 radical (unpaired) electrons. The Balaban J connectivity index is 1.51. The molecule has 132 valence electrons. The smallest absolute Gasteiger partial charge is 0.274 e. The van der Waals surface area contributed by atoms with Crippen molar-refractivity contribution in [1.29, 1.82) is 0 Å². The quantitative estimate of drug-likeness (QED) is 0.755. The topological polar surface area (TPSA) is 53.6 Å². The van der Waals surface area contributed by atoms with E-state index in [1.54, 1.807) is 0 Å². The number of piperidine rings is 1. The predicted molar refractivity (Wildman–Crippen MR) is 96.0 cm³/mol. The van der Waals surface area contributed by atoms with Crippen molar-refractivity contribution in [2.24, 2.45) is 11.8 Å². The van der Waals surface area contributed by atoms with Crippen LogP contribution in [0.5, 0.6) is 0 Å². The summed E-state index contributed by atoms with van der Waals surface area (Å²) in [5.41, 5.74) is 5.41. The molecule has 1 saturated heterocycles. The van der Waals surface area contributed by atoms with Crippen LogP contribution in [0.25, 0.3) is 0 Å². The third-order valence-corrected chi connectivity index (χ3v) is 5.10. The predicted octanol–water partition coefficient (Wildman–Crippen LogP) is 2.82. The number of aryl methyl sites for hydroxylation is 1. The van der Waals surface area contributed by atoms with E-state index < -0.39 is 0 Å². The third kappa shape index (κ3) is 4.95. The Bertz CT molecular complexity index is 564. The number of benzene rings is 1. The highest BCUT2D eigenvalue weighted by molar-refractivity contribution is 5.94. The summed E-state index contributed by atoms with van der Waals surface area (Å²) in [7, 11) is 2.18. The van der Waals surface area contributed by atoms with E-state index in [0.717, 1.165) is 12.2 Å². The van der Waals surface area contributed by atoms with Crippen LogP contribution < -0.4 is 10.8 Å². The lowest BCUT2D eigenvalue weighted by molar-refractivity contribution is 0.0270. The summed E-state index contributed by atoms with van der Waals surface area (Å²) in [4.78, 5) is 19.9. The molecule has 0 aromatic heterocycles. The second kappa shape index (κ2) is 7.99. The maximum atomic E-state index is 12.2. The van der Waals surface area contributed by atoms with Crippen LogP contribution in [0.1, 0.15) is 41.6 Å². The first-order valence-corrected chi connectivity index (χ1v) is 9.07. The van der Waals surface area contributed by atoms with Gasteiger partial charge in [-0.1, -0.05) is 6.07 Å². The Morgan fingerprint density at radius 1 is 1.21 bits per heavy atom. The van der Waals surface area contributed by atoms with Crippen LogP contribution >= 0.6 is 0 Å². The SMILES string of the molecule is Cc1ccc(C(=O)NOCC2CC2)cc1NCC1CCN(C)CC1. The second-order valence-electron chi connectivity index (χ2n) is 7.34. The first kappa shape index (κ1) is 17.2. The largest absolute Gasteiger partial charge is 0.385 e. The van der Waals surface area contributed by atoms with Crippen molar-refractivity contribution < 1.29 is 9.63 Å². The van der Waals surface area contributed by atoms with Crippen LogP contribution in [-0.2, 0) is 4.84 Å². The zero-order valence-corrected chi connectivity index (χ0v) is 14.8. The number of hydrogen-bond acceptors (Lipinski definition) is 4. The minimum atomic E-state index is -0.169. The van der Waals surface area contributed by atoms with Crippen molar-refractivity contribution in [1.82, 2.24) is 10.4 Å². The molecule has 24 heavy (non-hydrogen) atoms. The van der Waals surface area contributed by atoms with Gasteiger partial charge < -0.3 is 10.2 Å². The number of carbonyl (C=O) groups excluding carboxylic acids is 1. The van der Waals surface area contributed by atoms with Crippen molar-refractivity contribution in [2.45, 2.75) is 32.6 Å². The molecule has 0 bridgehead atoms. The highest BCUT2D eigenvalue weighted by Crippen LogP contribution is 2.28. The van der Waals surface area contributed by atoms with Gasteiger partial charge >= 0.3 is 0 Å². The average Bonchev–Trinajstić information content (AvgIpc) is 3.40. The molecule has 1 aromatic rings. The summed E-state index contributed by atoms with van der Waals surface area (Å²) in [5, 5.41) is 3.54. The van der Waals surface area contributed by atoms with E-state index in [4.69, 9.17) is 4.84 Å².